The second kappa shape index (κ2) is 10.1. The van der Waals surface area contributed by atoms with Crippen LogP contribution in [0.15, 0.2) is 24.3 Å². The van der Waals surface area contributed by atoms with Crippen LogP contribution >= 0.6 is 0 Å². The van der Waals surface area contributed by atoms with E-state index in [2.05, 4.69) is 23.8 Å². The van der Waals surface area contributed by atoms with E-state index in [-0.39, 0.29) is 38.5 Å². The quantitative estimate of drug-likeness (QED) is 0.290. The third-order valence-corrected chi connectivity index (χ3v) is 2.17. The van der Waals surface area contributed by atoms with Gasteiger partial charge in [0.2, 0.25) is 11.8 Å². The molecule has 114 valence electrons. The van der Waals surface area contributed by atoms with Crippen molar-refractivity contribution in [3.63, 3.8) is 0 Å². The maximum absolute atomic E-state index is 11.2. The number of aliphatic hydroxyl groups excluding tert-OH is 1. The second-order valence-electron chi connectivity index (χ2n) is 4.20. The zero-order valence-electron chi connectivity index (χ0n) is 11.9. The molecule has 0 fully saturated rings. The molecular formula is C13H22N2O5. The SMILES string of the molecule is C=C(C)C(=O)NCOCC(CO)OCNC(=O)C(=C)C. The minimum absolute atomic E-state index is 0.0102. The molecule has 0 aromatic rings. The lowest BCUT2D eigenvalue weighted by molar-refractivity contribution is -0.123. The highest BCUT2D eigenvalue weighted by atomic mass is 16.5. The Bertz CT molecular complexity index is 368. The van der Waals surface area contributed by atoms with Crippen molar-refractivity contribution in [3.8, 4) is 0 Å². The molecule has 20 heavy (non-hydrogen) atoms. The highest BCUT2D eigenvalue weighted by molar-refractivity contribution is 5.92. The second-order valence-corrected chi connectivity index (χ2v) is 4.20. The fraction of sp³-hybridized carbons (Fsp3) is 0.538. The smallest absolute Gasteiger partial charge is 0.248 e. The molecular weight excluding hydrogens is 264 g/mol. The van der Waals surface area contributed by atoms with E-state index in [9.17, 15) is 9.59 Å². The van der Waals surface area contributed by atoms with Gasteiger partial charge in [0.25, 0.3) is 0 Å². The molecule has 1 unspecified atom stereocenters. The van der Waals surface area contributed by atoms with Gasteiger partial charge < -0.3 is 25.2 Å². The molecule has 0 spiro atoms. The molecule has 0 aromatic carbocycles. The van der Waals surface area contributed by atoms with E-state index in [1.807, 2.05) is 0 Å². The summed E-state index contributed by atoms with van der Waals surface area (Å²) in [5.74, 6) is -0.628. The summed E-state index contributed by atoms with van der Waals surface area (Å²) in [5, 5.41) is 14.0. The molecule has 0 rings (SSSR count). The Labute approximate surface area is 118 Å². The maximum Gasteiger partial charge on any atom is 0.248 e. The van der Waals surface area contributed by atoms with Crippen LogP contribution in [-0.4, -0.2) is 49.7 Å². The summed E-state index contributed by atoms with van der Waals surface area (Å²) < 4.78 is 10.3. The number of aliphatic hydroxyl groups is 1. The highest BCUT2D eigenvalue weighted by Crippen LogP contribution is 1.93. The summed E-state index contributed by atoms with van der Waals surface area (Å²) in [6.45, 7) is 9.86. The van der Waals surface area contributed by atoms with Crippen molar-refractivity contribution in [1.82, 2.24) is 10.6 Å². The van der Waals surface area contributed by atoms with Gasteiger partial charge >= 0.3 is 0 Å². The number of carbonyl (C=O) groups is 2. The van der Waals surface area contributed by atoms with Gasteiger partial charge in [0.15, 0.2) is 0 Å². The lowest BCUT2D eigenvalue weighted by Crippen LogP contribution is -2.34. The summed E-state index contributed by atoms with van der Waals surface area (Å²) in [6, 6.07) is 0. The molecule has 0 aliphatic rings. The molecule has 0 saturated carbocycles. The molecule has 0 radical (unpaired) electrons. The van der Waals surface area contributed by atoms with Crippen molar-refractivity contribution in [2.75, 3.05) is 26.7 Å². The van der Waals surface area contributed by atoms with Crippen molar-refractivity contribution in [2.45, 2.75) is 20.0 Å². The minimum atomic E-state index is -0.595. The van der Waals surface area contributed by atoms with Crippen LogP contribution in [0, 0.1) is 0 Å². The van der Waals surface area contributed by atoms with E-state index in [4.69, 9.17) is 14.6 Å². The fourth-order valence-electron chi connectivity index (χ4n) is 0.987. The van der Waals surface area contributed by atoms with E-state index in [0.717, 1.165) is 0 Å². The number of nitrogens with one attached hydrogen (secondary N) is 2. The van der Waals surface area contributed by atoms with Gasteiger partial charge in [-0.05, 0) is 13.8 Å². The van der Waals surface area contributed by atoms with E-state index < -0.39 is 6.10 Å². The third-order valence-electron chi connectivity index (χ3n) is 2.17. The minimum Gasteiger partial charge on any atom is -0.394 e. The number of hydrogen-bond acceptors (Lipinski definition) is 5. The highest BCUT2D eigenvalue weighted by Gasteiger charge is 2.09. The van der Waals surface area contributed by atoms with Crippen molar-refractivity contribution in [3.05, 3.63) is 24.3 Å². The van der Waals surface area contributed by atoms with Crippen LogP contribution in [0.4, 0.5) is 0 Å². The third kappa shape index (κ3) is 8.41. The van der Waals surface area contributed by atoms with Gasteiger partial charge in [-0.1, -0.05) is 13.2 Å². The Kier molecular flexibility index (Phi) is 9.27. The van der Waals surface area contributed by atoms with Crippen LogP contribution in [0.3, 0.4) is 0 Å². The summed E-state index contributed by atoms with van der Waals surface area (Å²) in [4.78, 5) is 22.3. The van der Waals surface area contributed by atoms with Crippen molar-refractivity contribution in [2.24, 2.45) is 0 Å². The first-order valence-corrected chi connectivity index (χ1v) is 6.06. The molecule has 7 heteroatoms. The van der Waals surface area contributed by atoms with E-state index in [1.54, 1.807) is 13.8 Å². The Morgan fingerprint density at radius 2 is 1.60 bits per heavy atom. The lowest BCUT2D eigenvalue weighted by Gasteiger charge is -2.16. The van der Waals surface area contributed by atoms with Crippen LogP contribution in [-0.2, 0) is 19.1 Å². The van der Waals surface area contributed by atoms with Gasteiger partial charge in [-0.2, -0.15) is 0 Å². The van der Waals surface area contributed by atoms with Crippen molar-refractivity contribution >= 4 is 11.8 Å². The molecule has 0 saturated heterocycles. The standard InChI is InChI=1S/C13H22N2O5/c1-9(2)12(17)14-7-19-6-11(5-16)20-8-15-13(18)10(3)4/h11,16H,1,3,5-8H2,2,4H3,(H,14,17)(H,15,18). The zero-order valence-corrected chi connectivity index (χ0v) is 11.9. The fourth-order valence-corrected chi connectivity index (χ4v) is 0.987. The Balaban J connectivity index is 3.77. The maximum atomic E-state index is 11.2. The van der Waals surface area contributed by atoms with Crippen LogP contribution in [0.1, 0.15) is 13.8 Å². The monoisotopic (exact) mass is 286 g/mol. The van der Waals surface area contributed by atoms with Crippen LogP contribution in [0.25, 0.3) is 0 Å². The van der Waals surface area contributed by atoms with E-state index in [1.165, 1.54) is 0 Å². The zero-order chi connectivity index (χ0) is 15.5. The van der Waals surface area contributed by atoms with Crippen LogP contribution in [0.5, 0.6) is 0 Å². The Morgan fingerprint density at radius 1 is 1.10 bits per heavy atom. The molecule has 0 aliphatic carbocycles. The first kappa shape index (κ1) is 18.3. The van der Waals surface area contributed by atoms with Gasteiger partial charge in [0.1, 0.15) is 19.6 Å². The molecule has 0 heterocycles. The molecule has 0 aromatic heterocycles. The first-order chi connectivity index (χ1) is 9.38. The number of rotatable bonds is 10. The predicted octanol–water partition coefficient (Wildman–Crippen LogP) is -0.320. The van der Waals surface area contributed by atoms with Crippen molar-refractivity contribution in [1.29, 1.82) is 0 Å². The van der Waals surface area contributed by atoms with Crippen molar-refractivity contribution < 1.29 is 24.2 Å². The Morgan fingerprint density at radius 3 is 2.05 bits per heavy atom. The number of hydrogen-bond donors (Lipinski definition) is 3. The Hall–Kier alpha value is -1.70. The van der Waals surface area contributed by atoms with E-state index >= 15 is 0 Å². The molecule has 2 amide bonds. The number of amides is 2. The van der Waals surface area contributed by atoms with Crippen LogP contribution in [0.2, 0.25) is 0 Å². The molecule has 0 bridgehead atoms. The van der Waals surface area contributed by atoms with Gasteiger partial charge in [-0.15, -0.1) is 0 Å². The largest absolute Gasteiger partial charge is 0.394 e. The molecule has 1 atom stereocenters. The topological polar surface area (TPSA) is 96.9 Å². The van der Waals surface area contributed by atoms with E-state index in [0.29, 0.717) is 11.1 Å². The number of ether oxygens (including phenoxy) is 2. The lowest BCUT2D eigenvalue weighted by atomic mass is 10.3. The average molecular weight is 286 g/mol. The molecule has 0 aliphatic heterocycles. The van der Waals surface area contributed by atoms with Crippen LogP contribution < -0.4 is 10.6 Å². The summed E-state index contributed by atoms with van der Waals surface area (Å²) in [6.07, 6.45) is -0.595. The molecule has 3 N–H and O–H groups in total. The number of carbonyl (C=O) groups excluding carboxylic acids is 2. The summed E-state index contributed by atoms with van der Waals surface area (Å²) in [7, 11) is 0. The van der Waals surface area contributed by atoms with Gasteiger partial charge in [0.05, 0.1) is 13.2 Å². The summed E-state index contributed by atoms with van der Waals surface area (Å²) in [5.41, 5.74) is 0.749. The normalized spacial score (nSPS) is 11.6. The van der Waals surface area contributed by atoms with Gasteiger partial charge in [0, 0.05) is 11.1 Å². The summed E-state index contributed by atoms with van der Waals surface area (Å²) >= 11 is 0. The van der Waals surface area contributed by atoms with Gasteiger partial charge in [-0.25, -0.2) is 0 Å². The first-order valence-electron chi connectivity index (χ1n) is 6.06. The van der Waals surface area contributed by atoms with Gasteiger partial charge in [-0.3, -0.25) is 9.59 Å². The average Bonchev–Trinajstić information content (AvgIpc) is 2.40. The molecule has 7 nitrogen and oxygen atoms in total. The predicted molar refractivity (Wildman–Crippen MR) is 73.6 cm³/mol.